The van der Waals surface area contributed by atoms with Gasteiger partial charge in [-0.25, -0.2) is 0 Å². The Morgan fingerprint density at radius 2 is 1.85 bits per heavy atom. The summed E-state index contributed by atoms with van der Waals surface area (Å²) < 4.78 is 6.42. The molecule has 0 heterocycles. The van der Waals surface area contributed by atoms with Crippen LogP contribution in [0.4, 0.5) is 0 Å². The van der Waals surface area contributed by atoms with E-state index in [0.29, 0.717) is 10.0 Å². The van der Waals surface area contributed by atoms with Crippen molar-refractivity contribution in [1.29, 1.82) is 0 Å². The molecule has 0 aliphatic heterocycles. The highest BCUT2D eigenvalue weighted by Gasteiger charge is 2.19. The van der Waals surface area contributed by atoms with E-state index in [4.69, 9.17) is 27.9 Å². The third-order valence-corrected chi connectivity index (χ3v) is 4.12. The number of hydrogen-bond acceptors (Lipinski definition) is 2. The fourth-order valence-corrected chi connectivity index (χ4v) is 3.04. The Balaban J connectivity index is 2.54. The molecule has 20 heavy (non-hydrogen) atoms. The lowest BCUT2D eigenvalue weighted by molar-refractivity contribution is 0.405. The number of halogens is 3. The average molecular weight is 375 g/mol. The molecular weight excluding hydrogens is 361 g/mol. The molecule has 2 aromatic carbocycles. The SMILES string of the molecule is CNC(c1ccc(Cl)cc1Cl)c1cc(Br)ccc1OC. The van der Waals surface area contributed by atoms with Crippen LogP contribution in [0.3, 0.4) is 0 Å². The first-order valence-corrected chi connectivity index (χ1v) is 7.57. The largest absolute Gasteiger partial charge is 0.496 e. The Morgan fingerprint density at radius 1 is 1.10 bits per heavy atom. The first-order valence-electron chi connectivity index (χ1n) is 6.02. The van der Waals surface area contributed by atoms with Crippen molar-refractivity contribution in [2.24, 2.45) is 0 Å². The summed E-state index contributed by atoms with van der Waals surface area (Å²) >= 11 is 15.8. The third kappa shape index (κ3) is 3.29. The number of methoxy groups -OCH3 is 1. The van der Waals surface area contributed by atoms with Gasteiger partial charge in [0.2, 0.25) is 0 Å². The second-order valence-electron chi connectivity index (χ2n) is 4.27. The zero-order chi connectivity index (χ0) is 14.7. The molecule has 0 amide bonds. The number of rotatable bonds is 4. The van der Waals surface area contributed by atoms with Gasteiger partial charge in [-0.2, -0.15) is 0 Å². The van der Waals surface area contributed by atoms with E-state index in [1.165, 1.54) is 0 Å². The Hall–Kier alpha value is -0.740. The molecular formula is C15H14BrCl2NO. The van der Waals surface area contributed by atoms with E-state index in [2.05, 4.69) is 21.2 Å². The Bertz CT molecular complexity index is 619. The number of nitrogens with one attached hydrogen (secondary N) is 1. The molecule has 1 N–H and O–H groups in total. The van der Waals surface area contributed by atoms with Crippen LogP contribution in [0.5, 0.6) is 5.75 Å². The lowest BCUT2D eigenvalue weighted by Gasteiger charge is -2.21. The minimum absolute atomic E-state index is 0.0767. The van der Waals surface area contributed by atoms with Crippen molar-refractivity contribution >= 4 is 39.1 Å². The smallest absolute Gasteiger partial charge is 0.124 e. The number of benzene rings is 2. The molecule has 1 atom stereocenters. The average Bonchev–Trinajstić information content (AvgIpc) is 2.42. The molecule has 0 saturated carbocycles. The van der Waals surface area contributed by atoms with Crippen LogP contribution >= 0.6 is 39.1 Å². The summed E-state index contributed by atoms with van der Waals surface area (Å²) in [7, 11) is 3.54. The normalized spacial score (nSPS) is 12.2. The summed E-state index contributed by atoms with van der Waals surface area (Å²) in [6.45, 7) is 0. The van der Waals surface area contributed by atoms with Crippen LogP contribution in [0, 0.1) is 0 Å². The Labute approximate surface area is 137 Å². The highest BCUT2D eigenvalue weighted by molar-refractivity contribution is 9.10. The molecule has 0 aliphatic rings. The van der Waals surface area contributed by atoms with Gasteiger partial charge in [-0.1, -0.05) is 45.2 Å². The molecule has 0 fully saturated rings. The van der Waals surface area contributed by atoms with Gasteiger partial charge in [0.25, 0.3) is 0 Å². The van der Waals surface area contributed by atoms with E-state index in [-0.39, 0.29) is 6.04 Å². The molecule has 2 rings (SSSR count). The van der Waals surface area contributed by atoms with Gasteiger partial charge in [-0.3, -0.25) is 0 Å². The van der Waals surface area contributed by atoms with E-state index in [1.54, 1.807) is 13.2 Å². The van der Waals surface area contributed by atoms with Gasteiger partial charge in [-0.05, 0) is 42.9 Å². The second-order valence-corrected chi connectivity index (χ2v) is 6.03. The fraction of sp³-hybridized carbons (Fsp3) is 0.200. The lowest BCUT2D eigenvalue weighted by atomic mass is 9.98. The van der Waals surface area contributed by atoms with Crippen LogP contribution < -0.4 is 10.1 Å². The first-order chi connectivity index (χ1) is 9.56. The molecule has 0 radical (unpaired) electrons. The molecule has 0 bridgehead atoms. The molecule has 0 spiro atoms. The summed E-state index contributed by atoms with van der Waals surface area (Å²) in [6, 6.07) is 11.3. The van der Waals surface area contributed by atoms with Crippen LogP contribution in [-0.2, 0) is 0 Å². The molecule has 106 valence electrons. The summed E-state index contributed by atoms with van der Waals surface area (Å²) in [5.41, 5.74) is 1.96. The van der Waals surface area contributed by atoms with E-state index in [9.17, 15) is 0 Å². The van der Waals surface area contributed by atoms with Crippen LogP contribution in [0.25, 0.3) is 0 Å². The molecule has 0 saturated heterocycles. The van der Waals surface area contributed by atoms with E-state index in [1.807, 2.05) is 37.4 Å². The minimum Gasteiger partial charge on any atom is -0.496 e. The predicted molar refractivity (Wildman–Crippen MR) is 88.1 cm³/mol. The van der Waals surface area contributed by atoms with Crippen molar-refractivity contribution in [2.45, 2.75) is 6.04 Å². The molecule has 2 aromatic rings. The van der Waals surface area contributed by atoms with E-state index < -0.39 is 0 Å². The zero-order valence-corrected chi connectivity index (χ0v) is 14.2. The van der Waals surface area contributed by atoms with Crippen molar-refractivity contribution in [3.63, 3.8) is 0 Å². The standard InChI is InChI=1S/C15H14BrCl2NO/c1-19-15(11-5-4-10(17)8-13(11)18)12-7-9(16)3-6-14(12)20-2/h3-8,15,19H,1-2H3. The maximum absolute atomic E-state index is 6.31. The van der Waals surface area contributed by atoms with Crippen LogP contribution in [-0.4, -0.2) is 14.2 Å². The van der Waals surface area contributed by atoms with Gasteiger partial charge in [0.05, 0.1) is 13.2 Å². The van der Waals surface area contributed by atoms with Gasteiger partial charge in [0, 0.05) is 20.1 Å². The molecule has 0 aromatic heterocycles. The molecule has 5 heteroatoms. The first kappa shape index (κ1) is 15.6. The molecule has 0 aliphatic carbocycles. The summed E-state index contributed by atoms with van der Waals surface area (Å²) in [5, 5.41) is 4.51. The summed E-state index contributed by atoms with van der Waals surface area (Å²) in [5.74, 6) is 0.804. The van der Waals surface area contributed by atoms with Crippen molar-refractivity contribution < 1.29 is 4.74 Å². The van der Waals surface area contributed by atoms with Crippen LogP contribution in [0.2, 0.25) is 10.0 Å². The van der Waals surface area contributed by atoms with Gasteiger partial charge in [-0.15, -0.1) is 0 Å². The van der Waals surface area contributed by atoms with Gasteiger partial charge < -0.3 is 10.1 Å². The van der Waals surface area contributed by atoms with Crippen LogP contribution in [0.1, 0.15) is 17.2 Å². The van der Waals surface area contributed by atoms with Gasteiger partial charge >= 0.3 is 0 Å². The minimum atomic E-state index is -0.0767. The van der Waals surface area contributed by atoms with Gasteiger partial charge in [0.1, 0.15) is 5.75 Å². The lowest BCUT2D eigenvalue weighted by Crippen LogP contribution is -2.19. The quantitative estimate of drug-likeness (QED) is 0.806. The van der Waals surface area contributed by atoms with Crippen molar-refractivity contribution in [3.8, 4) is 5.75 Å². The maximum atomic E-state index is 6.31. The topological polar surface area (TPSA) is 21.3 Å². The van der Waals surface area contributed by atoms with E-state index >= 15 is 0 Å². The molecule has 1 unspecified atom stereocenters. The van der Waals surface area contributed by atoms with Crippen LogP contribution in [0.15, 0.2) is 40.9 Å². The number of ether oxygens (including phenoxy) is 1. The van der Waals surface area contributed by atoms with Crippen molar-refractivity contribution in [1.82, 2.24) is 5.32 Å². The fourth-order valence-electron chi connectivity index (χ4n) is 2.14. The monoisotopic (exact) mass is 373 g/mol. The van der Waals surface area contributed by atoms with E-state index in [0.717, 1.165) is 21.3 Å². The second kappa shape index (κ2) is 6.81. The Kier molecular flexibility index (Phi) is 5.33. The summed E-state index contributed by atoms with van der Waals surface area (Å²) in [4.78, 5) is 0. The van der Waals surface area contributed by atoms with Gasteiger partial charge in [0.15, 0.2) is 0 Å². The number of hydrogen-bond donors (Lipinski definition) is 1. The van der Waals surface area contributed by atoms with Crippen molar-refractivity contribution in [3.05, 3.63) is 62.0 Å². The van der Waals surface area contributed by atoms with Crippen molar-refractivity contribution in [2.75, 3.05) is 14.2 Å². The highest BCUT2D eigenvalue weighted by atomic mass is 79.9. The predicted octanol–water partition coefficient (Wildman–Crippen LogP) is 5.07. The maximum Gasteiger partial charge on any atom is 0.124 e. The summed E-state index contributed by atoms with van der Waals surface area (Å²) in [6.07, 6.45) is 0. The zero-order valence-electron chi connectivity index (χ0n) is 11.1. The third-order valence-electron chi connectivity index (χ3n) is 3.06. The molecule has 2 nitrogen and oxygen atoms in total. The Morgan fingerprint density at radius 3 is 2.45 bits per heavy atom. The highest BCUT2D eigenvalue weighted by Crippen LogP contribution is 2.35.